The maximum absolute atomic E-state index is 14.3. The number of nitrogens with zero attached hydrogens (tertiary/aromatic N) is 3. The molecule has 0 aromatic carbocycles. The maximum atomic E-state index is 14.3. The fourth-order valence-corrected chi connectivity index (χ4v) is 8.19. The van der Waals surface area contributed by atoms with Gasteiger partial charge in [-0.1, -0.05) is 12.2 Å². The predicted octanol–water partition coefficient (Wildman–Crippen LogP) is -11.2. The topological polar surface area (TPSA) is 636 Å². The Bertz CT molecular complexity index is 2450. The van der Waals surface area contributed by atoms with Gasteiger partial charge in [0.2, 0.25) is 65.0 Å². The Morgan fingerprint density at radius 2 is 0.830 bits per heavy atom. The molecule has 29 N–H and O–H groups in total. The number of carbonyl (C=O) groups excluding carboxylic acids is 11. The highest BCUT2D eigenvalue weighted by Crippen LogP contribution is 2.10. The van der Waals surface area contributed by atoms with E-state index < -0.39 is 175 Å². The number of amides is 11. The number of carboxylic acids is 1. The number of carbonyl (C=O) groups is 12. The highest BCUT2D eigenvalue weighted by molar-refractivity contribution is 5.99. The number of rotatable bonds is 42. The molecule has 14 atom stereocenters. The Kier molecular flexibility index (Phi) is 35.4. The molecule has 11 amide bonds. The lowest BCUT2D eigenvalue weighted by atomic mass is 10.0. The van der Waals surface area contributed by atoms with Crippen LogP contribution in [-0.4, -0.2) is 244 Å². The summed E-state index contributed by atoms with van der Waals surface area (Å²) in [5.41, 5.74) is 38.4. The van der Waals surface area contributed by atoms with Gasteiger partial charge in [-0.05, 0) is 92.5 Å². The summed E-state index contributed by atoms with van der Waals surface area (Å²) in [6.07, 6.45) is -2.01. The van der Waals surface area contributed by atoms with Crippen LogP contribution < -0.4 is 93.3 Å². The number of hydrogen-bond donors (Lipinski definition) is 22. The van der Waals surface area contributed by atoms with E-state index in [1.54, 1.807) is 17.1 Å². The zero-order valence-corrected chi connectivity index (χ0v) is 50.1. The number of primary amides is 1. The molecule has 88 heavy (non-hydrogen) atoms. The van der Waals surface area contributed by atoms with E-state index >= 15 is 0 Å². The first-order chi connectivity index (χ1) is 41.2. The van der Waals surface area contributed by atoms with Gasteiger partial charge in [0, 0.05) is 39.1 Å². The van der Waals surface area contributed by atoms with Gasteiger partial charge in [0.1, 0.15) is 54.4 Å². The molecule has 1 aliphatic heterocycles. The Morgan fingerprint density at radius 1 is 0.466 bits per heavy atom. The second kappa shape index (κ2) is 40.2. The molecule has 0 saturated heterocycles. The summed E-state index contributed by atoms with van der Waals surface area (Å²) in [5, 5.41) is 74.3. The van der Waals surface area contributed by atoms with Gasteiger partial charge in [-0.25, -0.2) is 4.79 Å². The van der Waals surface area contributed by atoms with Crippen molar-refractivity contribution < 1.29 is 83.1 Å². The number of nitrogens with two attached hydrogens (primary N) is 7. The lowest BCUT2D eigenvalue weighted by Gasteiger charge is -2.30. The van der Waals surface area contributed by atoms with Gasteiger partial charge in [-0.2, -0.15) is 0 Å². The predicted molar refractivity (Wildman–Crippen MR) is 315 cm³/mol. The smallest absolute Gasteiger partial charge is 0.328 e. The molecule has 0 aromatic rings. The Morgan fingerprint density at radius 3 is 1.24 bits per heavy atom. The van der Waals surface area contributed by atoms with Crippen molar-refractivity contribution in [2.45, 2.75) is 177 Å². The van der Waals surface area contributed by atoms with Gasteiger partial charge in [0.05, 0.1) is 31.0 Å². The number of aliphatic hydroxyl groups excluding tert-OH is 4. The van der Waals surface area contributed by atoms with Crippen molar-refractivity contribution in [3.63, 3.8) is 0 Å². The SMILES string of the molecule is C[C@H](N)C(=O)N[C@@H](CCCN=C(N)N)C(=O)N[C@H](C(=O)N[C@@H](CN1CC=CC1)C(=O)N[C@@H](CCC(N)=O)C(=O)N[C@H](C(=O)N[C@@H](C)C(=O)N[C@@H](CCCN=C(N)N)C(=O)N[C@@H](CCCCN)C(=O)N[C@@H](CO)C(=O)N[C@H](C(=O)O)[C@@H](C)O)[C@@H](C)O)[C@@H](C)O. The third kappa shape index (κ3) is 29.4. The lowest BCUT2D eigenvalue weighted by Crippen LogP contribution is -2.63. The molecule has 37 heteroatoms. The largest absolute Gasteiger partial charge is 0.480 e. The van der Waals surface area contributed by atoms with Gasteiger partial charge >= 0.3 is 5.97 Å². The van der Waals surface area contributed by atoms with Crippen LogP contribution in [0.4, 0.5) is 0 Å². The Hall–Kier alpha value is -8.36. The number of hydrogen-bond acceptors (Lipinski definition) is 21. The molecule has 0 aromatic heterocycles. The van der Waals surface area contributed by atoms with Crippen LogP contribution in [0.5, 0.6) is 0 Å². The standard InChI is InChI=1S/C51H92N20O17/c1-24(53)39(77)62-31(14-11-19-60-51(57)58)43(81)69-37(27(4)74)48(86)66-33(22-71-20-8-9-21-71)45(83)65-32(15-16-35(54)76)44(82)68-36(26(3)73)47(85)61-25(2)40(78)63-30(13-10-18-59-50(55)56)41(79)64-29(12-6-7-17-52)42(80)67-34(23-72)46(84)70-38(28(5)75)49(87)88/h8-9,24-34,36-38,72-75H,6-7,10-23,52-53H2,1-5H3,(H2,54,76)(H,61,85)(H,62,77)(H,63,78)(H,64,79)(H,65,83)(H,66,86)(H,67,80)(H,68,82)(H,69,81)(H,70,84)(H,87,88)(H4,55,56,59)(H4,57,58,60)/t24-,25-,26+,27+,28+,29-,30-,31-,32-,33-,34-,36-,37-,38-/m0/s1. The maximum Gasteiger partial charge on any atom is 0.328 e. The van der Waals surface area contributed by atoms with Crippen molar-refractivity contribution in [1.82, 2.24) is 58.1 Å². The Balaban J connectivity index is 3.49. The number of aliphatic imine (C=N–C) groups is 2. The molecule has 498 valence electrons. The summed E-state index contributed by atoms with van der Waals surface area (Å²) in [6, 6.07) is -17.4. The van der Waals surface area contributed by atoms with E-state index in [0.29, 0.717) is 19.5 Å². The Labute approximate surface area is 508 Å². The number of unbranched alkanes of at least 4 members (excludes halogenated alkanes) is 1. The van der Waals surface area contributed by atoms with Crippen LogP contribution in [0.2, 0.25) is 0 Å². The normalized spacial score (nSPS) is 16.8. The van der Waals surface area contributed by atoms with Crippen LogP contribution in [0.25, 0.3) is 0 Å². The summed E-state index contributed by atoms with van der Waals surface area (Å²) in [4.78, 5) is 170. The summed E-state index contributed by atoms with van der Waals surface area (Å²) in [6.45, 7) is 5.38. The van der Waals surface area contributed by atoms with E-state index in [1.807, 2.05) is 5.32 Å². The third-order valence-electron chi connectivity index (χ3n) is 13.2. The van der Waals surface area contributed by atoms with Crippen molar-refractivity contribution in [3.05, 3.63) is 12.2 Å². The highest BCUT2D eigenvalue weighted by Gasteiger charge is 2.38. The van der Waals surface area contributed by atoms with Gasteiger partial charge in [-0.15, -0.1) is 0 Å². The quantitative estimate of drug-likeness (QED) is 0.0117. The van der Waals surface area contributed by atoms with Crippen LogP contribution in [0.15, 0.2) is 22.1 Å². The summed E-state index contributed by atoms with van der Waals surface area (Å²) in [7, 11) is 0. The summed E-state index contributed by atoms with van der Waals surface area (Å²) in [5.74, 6) is -13.5. The zero-order chi connectivity index (χ0) is 67.0. The molecule has 0 aliphatic carbocycles. The van der Waals surface area contributed by atoms with Gasteiger partial charge in [0.15, 0.2) is 18.0 Å². The van der Waals surface area contributed by atoms with Crippen LogP contribution in [-0.2, 0) is 57.5 Å². The number of nitrogens with one attached hydrogen (secondary N) is 10. The molecule has 1 rings (SSSR count). The number of aliphatic hydroxyl groups is 4. The molecule has 0 unspecified atom stereocenters. The molecule has 0 radical (unpaired) electrons. The minimum atomic E-state index is -1.90. The zero-order valence-electron chi connectivity index (χ0n) is 50.1. The number of aliphatic carboxylic acids is 1. The van der Waals surface area contributed by atoms with Gasteiger partial charge < -0.3 is 119 Å². The minimum absolute atomic E-state index is 0.0385. The number of carboxylic acid groups (broad SMARTS) is 1. The monoisotopic (exact) mass is 1260 g/mol. The molecule has 0 saturated carbocycles. The lowest BCUT2D eigenvalue weighted by molar-refractivity contribution is -0.145. The van der Waals surface area contributed by atoms with Crippen molar-refractivity contribution in [3.8, 4) is 0 Å². The van der Waals surface area contributed by atoms with Crippen LogP contribution >= 0.6 is 0 Å². The van der Waals surface area contributed by atoms with Gasteiger partial charge in [0.25, 0.3) is 0 Å². The van der Waals surface area contributed by atoms with Gasteiger partial charge in [-0.3, -0.25) is 67.6 Å². The van der Waals surface area contributed by atoms with E-state index in [0.717, 1.165) is 13.8 Å². The van der Waals surface area contributed by atoms with E-state index in [9.17, 15) is 83.1 Å². The van der Waals surface area contributed by atoms with Crippen LogP contribution in [0.1, 0.15) is 92.4 Å². The van der Waals surface area contributed by atoms with E-state index in [4.69, 9.17) is 40.1 Å². The van der Waals surface area contributed by atoms with E-state index in [1.165, 1.54) is 20.8 Å². The first-order valence-electron chi connectivity index (χ1n) is 28.4. The molecule has 1 aliphatic rings. The summed E-state index contributed by atoms with van der Waals surface area (Å²) < 4.78 is 0. The first kappa shape index (κ1) is 77.7. The van der Waals surface area contributed by atoms with Crippen LogP contribution in [0, 0.1) is 0 Å². The van der Waals surface area contributed by atoms with Crippen molar-refractivity contribution in [2.24, 2.45) is 50.1 Å². The van der Waals surface area contributed by atoms with Crippen molar-refractivity contribution in [1.29, 1.82) is 0 Å². The average molecular weight is 1260 g/mol. The third-order valence-corrected chi connectivity index (χ3v) is 13.2. The summed E-state index contributed by atoms with van der Waals surface area (Å²) >= 11 is 0. The minimum Gasteiger partial charge on any atom is -0.480 e. The second-order valence-corrected chi connectivity index (χ2v) is 21.0. The molecule has 0 bridgehead atoms. The molecule has 0 fully saturated rings. The van der Waals surface area contributed by atoms with Crippen LogP contribution in [0.3, 0.4) is 0 Å². The molecular formula is C51H92N20O17. The average Bonchev–Trinajstić information content (AvgIpc) is 1.97. The molecule has 37 nitrogen and oxygen atoms in total. The van der Waals surface area contributed by atoms with E-state index in [-0.39, 0.29) is 76.6 Å². The molecule has 0 spiro atoms. The first-order valence-corrected chi connectivity index (χ1v) is 28.4. The highest BCUT2D eigenvalue weighted by atomic mass is 16.4. The molecule has 1 heterocycles. The van der Waals surface area contributed by atoms with Crippen molar-refractivity contribution >= 4 is 82.9 Å². The fraction of sp³-hybridized carbons (Fsp3) is 0.686. The van der Waals surface area contributed by atoms with Crippen molar-refractivity contribution in [2.75, 3.05) is 45.9 Å². The second-order valence-electron chi connectivity index (χ2n) is 21.0. The fourth-order valence-electron chi connectivity index (χ4n) is 8.19. The molecular weight excluding hydrogens is 1160 g/mol. The number of guanidine groups is 2. The van der Waals surface area contributed by atoms with E-state index in [2.05, 4.69) is 57.8 Å².